The van der Waals surface area contributed by atoms with Gasteiger partial charge >= 0.3 is 11.9 Å². The van der Waals surface area contributed by atoms with E-state index < -0.39 is 12.1 Å². The molecule has 0 spiro atoms. The molecule has 0 saturated heterocycles. The Morgan fingerprint density at radius 3 is 1.70 bits per heavy atom. The van der Waals surface area contributed by atoms with E-state index in [9.17, 15) is 9.59 Å². The van der Waals surface area contributed by atoms with Gasteiger partial charge in [-0.15, -0.1) is 0 Å². The zero-order valence-corrected chi connectivity index (χ0v) is 17.3. The zero-order valence-electron chi connectivity index (χ0n) is 17.3. The second-order valence-corrected chi connectivity index (χ2v) is 8.08. The number of rotatable bonds is 7. The van der Waals surface area contributed by atoms with Crippen LogP contribution in [0.1, 0.15) is 83.5 Å². The van der Waals surface area contributed by atoms with Crippen molar-refractivity contribution in [2.24, 2.45) is 23.3 Å². The Kier molecular flexibility index (Phi) is 12.3. The van der Waals surface area contributed by atoms with Gasteiger partial charge in [-0.3, -0.25) is 9.59 Å². The molecule has 0 aromatic heterocycles. The van der Waals surface area contributed by atoms with E-state index in [0.717, 1.165) is 25.2 Å². The van der Waals surface area contributed by atoms with Crippen LogP contribution in [0.3, 0.4) is 0 Å². The fourth-order valence-electron chi connectivity index (χ4n) is 4.19. The minimum atomic E-state index is -0.415. The van der Waals surface area contributed by atoms with Crippen LogP contribution in [0.4, 0.5) is 0 Å². The lowest BCUT2D eigenvalue weighted by Crippen LogP contribution is -2.34. The fourth-order valence-corrected chi connectivity index (χ4v) is 4.19. The van der Waals surface area contributed by atoms with Crippen LogP contribution in [0.15, 0.2) is 0 Å². The molecule has 2 aliphatic carbocycles. The van der Waals surface area contributed by atoms with Gasteiger partial charge in [0.05, 0.1) is 14.2 Å². The van der Waals surface area contributed by atoms with E-state index >= 15 is 0 Å². The Morgan fingerprint density at radius 2 is 1.22 bits per heavy atom. The lowest BCUT2D eigenvalue weighted by atomic mass is 9.85. The van der Waals surface area contributed by atoms with E-state index in [1.165, 1.54) is 78.4 Å². The maximum Gasteiger partial charge on any atom is 0.322 e. The summed E-state index contributed by atoms with van der Waals surface area (Å²) in [5.41, 5.74) is 11.4. The first-order valence-corrected chi connectivity index (χ1v) is 10.6. The first-order valence-electron chi connectivity index (χ1n) is 10.6. The van der Waals surface area contributed by atoms with Gasteiger partial charge in [0.2, 0.25) is 0 Å². The van der Waals surface area contributed by atoms with Crippen molar-refractivity contribution >= 4 is 11.9 Å². The predicted octanol–water partition coefficient (Wildman–Crippen LogP) is 3.30. The third-order valence-electron chi connectivity index (χ3n) is 5.93. The predicted molar refractivity (Wildman–Crippen MR) is 107 cm³/mol. The Bertz CT molecular complexity index is 418. The molecule has 6 nitrogen and oxygen atoms in total. The first kappa shape index (κ1) is 23.9. The molecule has 2 fully saturated rings. The summed E-state index contributed by atoms with van der Waals surface area (Å²) < 4.78 is 9.18. The van der Waals surface area contributed by atoms with Gasteiger partial charge in [-0.2, -0.15) is 0 Å². The summed E-state index contributed by atoms with van der Waals surface area (Å²) in [6.07, 6.45) is 15.7. The van der Waals surface area contributed by atoms with Gasteiger partial charge in [0.1, 0.15) is 12.1 Å². The number of hydrogen-bond acceptors (Lipinski definition) is 6. The summed E-state index contributed by atoms with van der Waals surface area (Å²) in [7, 11) is 2.78. The SMILES string of the molecule is COC(=O)C(N)CC1CCCCC1.COC(=O)C(N)CCC1CCCCC1. The normalized spacial score (nSPS) is 20.7. The summed E-state index contributed by atoms with van der Waals surface area (Å²) >= 11 is 0. The van der Waals surface area contributed by atoms with Crippen molar-refractivity contribution in [2.45, 2.75) is 95.6 Å². The highest BCUT2D eigenvalue weighted by atomic mass is 16.5. The minimum absolute atomic E-state index is 0.273. The maximum absolute atomic E-state index is 11.0. The molecule has 0 aliphatic heterocycles. The molecule has 2 aliphatic rings. The Labute approximate surface area is 164 Å². The van der Waals surface area contributed by atoms with Crippen molar-refractivity contribution < 1.29 is 19.1 Å². The number of methoxy groups -OCH3 is 2. The van der Waals surface area contributed by atoms with Crippen LogP contribution in [0.5, 0.6) is 0 Å². The Hall–Kier alpha value is -1.14. The third kappa shape index (κ3) is 10.1. The topological polar surface area (TPSA) is 105 Å². The summed E-state index contributed by atoms with van der Waals surface area (Å²) in [5.74, 6) is 0.883. The van der Waals surface area contributed by atoms with Crippen molar-refractivity contribution in [3.63, 3.8) is 0 Å². The summed E-state index contributed by atoms with van der Waals surface area (Å²) in [6.45, 7) is 0. The van der Waals surface area contributed by atoms with Crippen LogP contribution in [0, 0.1) is 11.8 Å². The zero-order chi connectivity index (χ0) is 20.1. The van der Waals surface area contributed by atoms with Crippen LogP contribution in [0.25, 0.3) is 0 Å². The second-order valence-electron chi connectivity index (χ2n) is 8.08. The lowest BCUT2D eigenvalue weighted by Gasteiger charge is -2.23. The molecule has 27 heavy (non-hydrogen) atoms. The monoisotopic (exact) mass is 384 g/mol. The summed E-state index contributed by atoms with van der Waals surface area (Å²) in [5, 5.41) is 0. The van der Waals surface area contributed by atoms with E-state index in [1.807, 2.05) is 0 Å². The van der Waals surface area contributed by atoms with Gasteiger partial charge < -0.3 is 20.9 Å². The standard InChI is InChI=1S/C11H21NO2.C10H19NO2/c1-14-11(13)10(12)8-7-9-5-3-2-4-6-9;1-13-10(12)9(11)7-8-5-3-2-4-6-8/h9-10H,2-8,12H2,1H3;8-9H,2-7,11H2,1H3. The molecule has 2 atom stereocenters. The van der Waals surface area contributed by atoms with Crippen molar-refractivity contribution in [1.82, 2.24) is 0 Å². The van der Waals surface area contributed by atoms with E-state index in [0.29, 0.717) is 5.92 Å². The van der Waals surface area contributed by atoms with Crippen LogP contribution < -0.4 is 11.5 Å². The summed E-state index contributed by atoms with van der Waals surface area (Å²) in [6, 6.07) is -0.824. The highest BCUT2D eigenvalue weighted by molar-refractivity contribution is 5.75. The third-order valence-corrected chi connectivity index (χ3v) is 5.93. The second kappa shape index (κ2) is 13.9. The Balaban J connectivity index is 0.000000271. The van der Waals surface area contributed by atoms with Crippen LogP contribution in [-0.4, -0.2) is 38.2 Å². The number of ether oxygens (including phenoxy) is 2. The smallest absolute Gasteiger partial charge is 0.322 e. The largest absolute Gasteiger partial charge is 0.468 e. The van der Waals surface area contributed by atoms with Crippen molar-refractivity contribution in [1.29, 1.82) is 0 Å². The maximum atomic E-state index is 11.0. The molecule has 2 saturated carbocycles. The molecule has 0 aromatic carbocycles. The van der Waals surface area contributed by atoms with Crippen LogP contribution in [-0.2, 0) is 19.1 Å². The molecule has 0 aromatic rings. The number of hydrogen-bond donors (Lipinski definition) is 2. The number of carbonyl (C=O) groups excluding carboxylic acids is 2. The minimum Gasteiger partial charge on any atom is -0.468 e. The van der Waals surface area contributed by atoms with Crippen molar-refractivity contribution in [3.8, 4) is 0 Å². The van der Waals surface area contributed by atoms with Gasteiger partial charge in [-0.1, -0.05) is 64.2 Å². The number of carbonyl (C=O) groups is 2. The molecule has 0 bridgehead atoms. The van der Waals surface area contributed by atoms with Gasteiger partial charge in [-0.05, 0) is 31.1 Å². The quantitative estimate of drug-likeness (QED) is 0.653. The van der Waals surface area contributed by atoms with Gasteiger partial charge in [0, 0.05) is 0 Å². The molecule has 158 valence electrons. The van der Waals surface area contributed by atoms with Crippen molar-refractivity contribution in [2.75, 3.05) is 14.2 Å². The van der Waals surface area contributed by atoms with Gasteiger partial charge in [0.15, 0.2) is 0 Å². The molecular formula is C21H40N2O4. The molecule has 6 heteroatoms. The van der Waals surface area contributed by atoms with E-state index in [1.54, 1.807) is 0 Å². The van der Waals surface area contributed by atoms with E-state index in [4.69, 9.17) is 11.5 Å². The first-order chi connectivity index (χ1) is 13.0. The van der Waals surface area contributed by atoms with Crippen LogP contribution >= 0.6 is 0 Å². The average molecular weight is 385 g/mol. The van der Waals surface area contributed by atoms with E-state index in [2.05, 4.69) is 9.47 Å². The molecule has 2 unspecified atom stereocenters. The van der Waals surface area contributed by atoms with Crippen molar-refractivity contribution in [3.05, 3.63) is 0 Å². The number of nitrogens with two attached hydrogens (primary N) is 2. The molecule has 0 radical (unpaired) electrons. The van der Waals surface area contributed by atoms with Gasteiger partial charge in [0.25, 0.3) is 0 Å². The average Bonchev–Trinajstić information content (AvgIpc) is 2.72. The molecule has 0 heterocycles. The van der Waals surface area contributed by atoms with Gasteiger partial charge in [-0.25, -0.2) is 0 Å². The molecule has 2 rings (SSSR count). The molecule has 4 N–H and O–H groups in total. The van der Waals surface area contributed by atoms with E-state index in [-0.39, 0.29) is 11.9 Å². The van der Waals surface area contributed by atoms with Crippen LogP contribution in [0.2, 0.25) is 0 Å². The highest BCUT2D eigenvalue weighted by Crippen LogP contribution is 2.28. The number of esters is 2. The molecular weight excluding hydrogens is 344 g/mol. The fraction of sp³-hybridized carbons (Fsp3) is 0.905. The lowest BCUT2D eigenvalue weighted by molar-refractivity contribution is -0.143. The Morgan fingerprint density at radius 1 is 0.778 bits per heavy atom. The molecule has 0 amide bonds. The highest BCUT2D eigenvalue weighted by Gasteiger charge is 2.21. The summed E-state index contributed by atoms with van der Waals surface area (Å²) in [4.78, 5) is 22.1.